The Bertz CT molecular complexity index is 1260. The number of alkyl halides is 3. The number of rotatable bonds is 5. The molecule has 2 unspecified atom stereocenters. The number of carbonyl (C=O) groups excluding carboxylic acids is 1. The standard InChI is InChI=1S/C21H18F3N5O4/c1-32-16-5-11(7-25-18(16)33-2)14-4-3-13-15(27-14)10-28(19(13)31)12-8-26-29(9-12)20(6-17(20)30)21(22,23)24/h3-5,7-9,17,30H,6,10H2,1-2H3. The lowest BCUT2D eigenvalue weighted by Gasteiger charge is -2.20. The van der Waals surface area contributed by atoms with Crippen molar-refractivity contribution in [1.82, 2.24) is 19.7 Å². The van der Waals surface area contributed by atoms with E-state index in [1.807, 2.05) is 0 Å². The summed E-state index contributed by atoms with van der Waals surface area (Å²) in [5, 5.41) is 13.4. The van der Waals surface area contributed by atoms with Gasteiger partial charge in [-0.3, -0.25) is 19.4 Å². The molecule has 2 aliphatic rings. The number of hydrogen-bond acceptors (Lipinski definition) is 7. The second kappa shape index (κ2) is 7.17. The van der Waals surface area contributed by atoms with Crippen LogP contribution < -0.4 is 14.4 Å². The molecule has 3 aromatic heterocycles. The maximum Gasteiger partial charge on any atom is 0.416 e. The summed E-state index contributed by atoms with van der Waals surface area (Å²) >= 11 is 0. The summed E-state index contributed by atoms with van der Waals surface area (Å²) in [6.45, 7) is 0.0655. The number of nitrogens with zero attached hydrogens (tertiary/aromatic N) is 5. The molecule has 1 amide bonds. The third-order valence-electron chi connectivity index (χ3n) is 5.96. The van der Waals surface area contributed by atoms with Crippen LogP contribution in [0.1, 0.15) is 22.5 Å². The number of pyridine rings is 2. The summed E-state index contributed by atoms with van der Waals surface area (Å²) in [6.07, 6.45) is -2.84. The molecule has 33 heavy (non-hydrogen) atoms. The van der Waals surface area contributed by atoms with Crippen LogP contribution in [0.15, 0.2) is 36.8 Å². The van der Waals surface area contributed by atoms with Crippen molar-refractivity contribution >= 4 is 11.6 Å². The lowest BCUT2D eigenvalue weighted by atomic mass is 10.1. The predicted molar refractivity (Wildman–Crippen MR) is 108 cm³/mol. The van der Waals surface area contributed by atoms with Crippen LogP contribution in [0.2, 0.25) is 0 Å². The summed E-state index contributed by atoms with van der Waals surface area (Å²) in [5.74, 6) is 0.341. The summed E-state index contributed by atoms with van der Waals surface area (Å²) in [5.41, 5.74) is -0.259. The van der Waals surface area contributed by atoms with Gasteiger partial charge in [0.25, 0.3) is 11.8 Å². The highest BCUT2D eigenvalue weighted by molar-refractivity contribution is 6.09. The predicted octanol–water partition coefficient (Wildman–Crippen LogP) is 2.54. The Balaban J connectivity index is 1.43. The zero-order valence-electron chi connectivity index (χ0n) is 17.5. The number of carbonyl (C=O) groups is 1. The Morgan fingerprint density at radius 3 is 2.61 bits per heavy atom. The summed E-state index contributed by atoms with van der Waals surface area (Å²) in [6, 6.07) is 4.98. The van der Waals surface area contributed by atoms with Crippen molar-refractivity contribution in [3.8, 4) is 22.9 Å². The molecule has 2 atom stereocenters. The third kappa shape index (κ3) is 3.12. The fourth-order valence-corrected chi connectivity index (χ4v) is 4.01. The molecular formula is C21H18F3N5O4. The number of aliphatic hydroxyl groups excluding tert-OH is 1. The average Bonchev–Trinajstić information content (AvgIpc) is 3.13. The van der Waals surface area contributed by atoms with Gasteiger partial charge in [0.2, 0.25) is 0 Å². The molecule has 3 aromatic rings. The number of aliphatic hydroxyl groups is 1. The molecule has 1 N–H and O–H groups in total. The van der Waals surface area contributed by atoms with Crippen LogP contribution in [-0.2, 0) is 12.1 Å². The summed E-state index contributed by atoms with van der Waals surface area (Å²) in [7, 11) is 2.96. The van der Waals surface area contributed by atoms with Crippen molar-refractivity contribution in [3.05, 3.63) is 48.0 Å². The largest absolute Gasteiger partial charge is 0.491 e. The van der Waals surface area contributed by atoms with Crippen LogP contribution in [0, 0.1) is 0 Å². The van der Waals surface area contributed by atoms with Crippen LogP contribution in [0.3, 0.4) is 0 Å². The zero-order valence-corrected chi connectivity index (χ0v) is 17.5. The summed E-state index contributed by atoms with van der Waals surface area (Å²) in [4.78, 5) is 22.9. The SMILES string of the molecule is COc1cc(-c2ccc3c(n2)CN(c2cnn(C4(C(F)(F)F)CC4O)c2)C3=O)cnc1OC. The van der Waals surface area contributed by atoms with E-state index in [1.165, 1.54) is 25.3 Å². The first-order valence-electron chi connectivity index (χ1n) is 9.89. The molecule has 1 fully saturated rings. The smallest absolute Gasteiger partial charge is 0.416 e. The van der Waals surface area contributed by atoms with Gasteiger partial charge in [-0.25, -0.2) is 4.98 Å². The quantitative estimate of drug-likeness (QED) is 0.623. The minimum atomic E-state index is -4.67. The van der Waals surface area contributed by atoms with Gasteiger partial charge in [-0.1, -0.05) is 0 Å². The van der Waals surface area contributed by atoms with E-state index in [1.54, 1.807) is 24.4 Å². The normalized spacial score (nSPS) is 21.8. The van der Waals surface area contributed by atoms with Crippen molar-refractivity contribution < 1.29 is 32.5 Å². The van der Waals surface area contributed by atoms with E-state index in [9.17, 15) is 23.1 Å². The topological polar surface area (TPSA) is 103 Å². The van der Waals surface area contributed by atoms with Crippen LogP contribution in [0.25, 0.3) is 11.3 Å². The van der Waals surface area contributed by atoms with Crippen LogP contribution in [-0.4, -0.2) is 57.3 Å². The molecule has 5 rings (SSSR count). The molecule has 9 nitrogen and oxygen atoms in total. The maximum absolute atomic E-state index is 13.5. The van der Waals surface area contributed by atoms with Gasteiger partial charge in [0, 0.05) is 24.4 Å². The first-order chi connectivity index (χ1) is 15.7. The van der Waals surface area contributed by atoms with Gasteiger partial charge < -0.3 is 14.6 Å². The number of aromatic nitrogens is 4. The molecule has 1 aliphatic carbocycles. The van der Waals surface area contributed by atoms with Gasteiger partial charge in [0.1, 0.15) is 0 Å². The number of halogens is 3. The van der Waals surface area contributed by atoms with Gasteiger partial charge in [-0.05, 0) is 18.2 Å². The monoisotopic (exact) mass is 461 g/mol. The van der Waals surface area contributed by atoms with E-state index in [2.05, 4.69) is 15.1 Å². The fourth-order valence-electron chi connectivity index (χ4n) is 4.01. The van der Waals surface area contributed by atoms with Crippen LogP contribution >= 0.6 is 0 Å². The second-order valence-corrected chi connectivity index (χ2v) is 7.80. The highest BCUT2D eigenvalue weighted by Gasteiger charge is 2.73. The van der Waals surface area contributed by atoms with Gasteiger partial charge in [-0.2, -0.15) is 18.3 Å². The third-order valence-corrected chi connectivity index (χ3v) is 5.96. The molecule has 0 saturated heterocycles. The second-order valence-electron chi connectivity index (χ2n) is 7.80. The van der Waals surface area contributed by atoms with E-state index in [0.29, 0.717) is 38.8 Å². The molecule has 172 valence electrons. The molecule has 1 saturated carbocycles. The number of amides is 1. The minimum Gasteiger partial charge on any atom is -0.491 e. The van der Waals surface area contributed by atoms with Crippen molar-refractivity contribution in [1.29, 1.82) is 0 Å². The van der Waals surface area contributed by atoms with Crippen LogP contribution in [0.4, 0.5) is 18.9 Å². The molecule has 12 heteroatoms. The average molecular weight is 461 g/mol. The van der Waals surface area contributed by atoms with E-state index in [4.69, 9.17) is 9.47 Å². The molecule has 0 spiro atoms. The Labute approximate surface area is 185 Å². The first kappa shape index (κ1) is 21.2. The maximum atomic E-state index is 13.5. The first-order valence-corrected chi connectivity index (χ1v) is 9.89. The lowest BCUT2D eigenvalue weighted by molar-refractivity contribution is -0.191. The molecule has 0 aromatic carbocycles. The number of anilines is 1. The number of ether oxygens (including phenoxy) is 2. The van der Waals surface area contributed by atoms with Crippen molar-refractivity contribution in [2.75, 3.05) is 19.1 Å². The number of hydrogen-bond donors (Lipinski definition) is 1. The fraction of sp³-hybridized carbons (Fsp3) is 0.333. The van der Waals surface area contributed by atoms with Crippen molar-refractivity contribution in [2.45, 2.75) is 30.8 Å². The molecule has 0 radical (unpaired) electrons. The Morgan fingerprint density at radius 2 is 1.97 bits per heavy atom. The van der Waals surface area contributed by atoms with E-state index in [0.717, 1.165) is 6.20 Å². The zero-order chi connectivity index (χ0) is 23.5. The van der Waals surface area contributed by atoms with E-state index >= 15 is 0 Å². The Hall–Kier alpha value is -3.67. The van der Waals surface area contributed by atoms with Crippen molar-refractivity contribution in [2.24, 2.45) is 0 Å². The van der Waals surface area contributed by atoms with Gasteiger partial charge in [0.05, 0.1) is 55.7 Å². The number of fused-ring (bicyclic) bond motifs is 1. The van der Waals surface area contributed by atoms with E-state index < -0.39 is 30.1 Å². The highest BCUT2D eigenvalue weighted by atomic mass is 19.4. The van der Waals surface area contributed by atoms with Gasteiger partial charge >= 0.3 is 6.18 Å². The molecular weight excluding hydrogens is 443 g/mol. The minimum absolute atomic E-state index is 0.0655. The van der Waals surface area contributed by atoms with Crippen LogP contribution in [0.5, 0.6) is 11.6 Å². The highest BCUT2D eigenvalue weighted by Crippen LogP contribution is 2.55. The lowest BCUT2D eigenvalue weighted by Crippen LogP contribution is -2.38. The van der Waals surface area contributed by atoms with Gasteiger partial charge in [0.15, 0.2) is 11.3 Å². The molecule has 4 heterocycles. The Kier molecular flexibility index (Phi) is 4.60. The number of methoxy groups -OCH3 is 2. The van der Waals surface area contributed by atoms with Gasteiger partial charge in [-0.15, -0.1) is 0 Å². The summed E-state index contributed by atoms with van der Waals surface area (Å²) < 4.78 is 51.5. The Morgan fingerprint density at radius 1 is 1.21 bits per heavy atom. The van der Waals surface area contributed by atoms with Crippen molar-refractivity contribution in [3.63, 3.8) is 0 Å². The molecule has 0 bridgehead atoms. The van der Waals surface area contributed by atoms with E-state index in [-0.39, 0.29) is 12.2 Å². The molecule has 1 aliphatic heterocycles.